The average Bonchev–Trinajstić information content (AvgIpc) is 3.41. The highest BCUT2D eigenvalue weighted by Gasteiger charge is 2.27. The monoisotopic (exact) mass is 1110 g/mol. The van der Waals surface area contributed by atoms with E-state index in [1.54, 1.807) is 6.08 Å². The normalized spacial score (nSPS) is 14.5. The van der Waals surface area contributed by atoms with Gasteiger partial charge in [0.05, 0.1) is 39.9 Å². The van der Waals surface area contributed by atoms with Gasteiger partial charge in [0, 0.05) is 6.42 Å². The van der Waals surface area contributed by atoms with Crippen molar-refractivity contribution in [1.29, 1.82) is 0 Å². The van der Waals surface area contributed by atoms with Crippen LogP contribution in [0.5, 0.6) is 0 Å². The Morgan fingerprint density at radius 3 is 1.18 bits per heavy atom. The van der Waals surface area contributed by atoms with E-state index in [1.807, 2.05) is 27.2 Å². The van der Waals surface area contributed by atoms with Crippen LogP contribution in [0.4, 0.5) is 0 Å². The van der Waals surface area contributed by atoms with E-state index >= 15 is 0 Å². The second-order valence-electron chi connectivity index (χ2n) is 22.7. The highest BCUT2D eigenvalue weighted by atomic mass is 31.2. The highest BCUT2D eigenvalue weighted by molar-refractivity contribution is 7.47. The number of aliphatic hydroxyl groups excluding tert-OH is 1. The van der Waals surface area contributed by atoms with Gasteiger partial charge in [-0.3, -0.25) is 13.8 Å². The Hall–Kier alpha value is -2.84. The van der Waals surface area contributed by atoms with Crippen molar-refractivity contribution in [1.82, 2.24) is 5.32 Å². The number of carbonyl (C=O) groups is 1. The van der Waals surface area contributed by atoms with Crippen LogP contribution < -0.4 is 5.32 Å². The third-order valence-electron chi connectivity index (χ3n) is 14.0. The Morgan fingerprint density at radius 1 is 0.449 bits per heavy atom. The first-order chi connectivity index (χ1) is 38.0. The van der Waals surface area contributed by atoms with Gasteiger partial charge in [-0.05, 0) is 89.9 Å². The molecule has 0 heterocycles. The maximum atomic E-state index is 13.0. The van der Waals surface area contributed by atoms with Gasteiger partial charge in [-0.15, -0.1) is 0 Å². The van der Waals surface area contributed by atoms with E-state index in [2.05, 4.69) is 116 Å². The number of phosphoric ester groups is 1. The second kappa shape index (κ2) is 58.8. The summed E-state index contributed by atoms with van der Waals surface area (Å²) in [6.45, 7) is 4.69. The van der Waals surface area contributed by atoms with Crippen LogP contribution in [0.3, 0.4) is 0 Å². The quantitative estimate of drug-likeness (QED) is 0.0243. The summed E-state index contributed by atoms with van der Waals surface area (Å²) in [6, 6.07) is -0.879. The summed E-state index contributed by atoms with van der Waals surface area (Å²) in [5.41, 5.74) is 0. The molecule has 0 aromatic heterocycles. The van der Waals surface area contributed by atoms with Crippen LogP contribution >= 0.6 is 7.82 Å². The lowest BCUT2D eigenvalue weighted by Crippen LogP contribution is -2.45. The summed E-state index contributed by atoms with van der Waals surface area (Å²) in [5, 5.41) is 14.0. The lowest BCUT2D eigenvalue weighted by atomic mass is 10.0. The minimum absolute atomic E-state index is 0.0483. The molecule has 78 heavy (non-hydrogen) atoms. The molecule has 0 saturated carbocycles. The Kier molecular flexibility index (Phi) is 56.7. The zero-order chi connectivity index (χ0) is 57.0. The lowest BCUT2D eigenvalue weighted by Gasteiger charge is -2.25. The number of nitrogens with one attached hydrogen (secondary N) is 1. The number of phosphoric acid groups is 1. The molecule has 0 saturated heterocycles. The highest BCUT2D eigenvalue weighted by Crippen LogP contribution is 2.43. The maximum absolute atomic E-state index is 13.0. The van der Waals surface area contributed by atoms with Crippen molar-refractivity contribution in [2.45, 2.75) is 283 Å². The molecule has 3 N–H and O–H groups in total. The lowest BCUT2D eigenvalue weighted by molar-refractivity contribution is -0.870. The summed E-state index contributed by atoms with van der Waals surface area (Å²) in [6.07, 6.45) is 86.4. The Labute approximate surface area is 482 Å². The molecule has 0 aliphatic rings. The summed E-state index contributed by atoms with van der Waals surface area (Å²) in [4.78, 5) is 23.4. The van der Waals surface area contributed by atoms with Gasteiger partial charge in [0.15, 0.2) is 0 Å². The Bertz CT molecular complexity index is 1640. The van der Waals surface area contributed by atoms with Crippen molar-refractivity contribution in [3.8, 4) is 0 Å². The van der Waals surface area contributed by atoms with Crippen LogP contribution in [0.2, 0.25) is 0 Å². The fourth-order valence-electron chi connectivity index (χ4n) is 8.98. The largest absolute Gasteiger partial charge is 0.472 e. The molecule has 1 amide bonds. The predicted octanol–water partition coefficient (Wildman–Crippen LogP) is 20.3. The number of rotatable bonds is 58. The van der Waals surface area contributed by atoms with Crippen molar-refractivity contribution < 1.29 is 32.9 Å². The van der Waals surface area contributed by atoms with E-state index in [0.29, 0.717) is 17.4 Å². The summed E-state index contributed by atoms with van der Waals surface area (Å²) in [7, 11) is 1.54. The van der Waals surface area contributed by atoms with Gasteiger partial charge in [-0.1, -0.05) is 284 Å². The van der Waals surface area contributed by atoms with E-state index in [0.717, 1.165) is 96.3 Å². The number of hydrogen-bond acceptors (Lipinski definition) is 5. The fourth-order valence-corrected chi connectivity index (χ4v) is 9.72. The minimum atomic E-state index is -4.37. The number of aliphatic hydroxyl groups is 1. The van der Waals surface area contributed by atoms with E-state index in [9.17, 15) is 19.4 Å². The number of nitrogens with zero attached hydrogens (tertiary/aromatic N) is 1. The van der Waals surface area contributed by atoms with Crippen molar-refractivity contribution in [3.05, 3.63) is 109 Å². The van der Waals surface area contributed by atoms with Gasteiger partial charge >= 0.3 is 7.82 Å². The minimum Gasteiger partial charge on any atom is -0.387 e. The van der Waals surface area contributed by atoms with Gasteiger partial charge in [0.2, 0.25) is 5.91 Å². The van der Waals surface area contributed by atoms with Crippen LogP contribution in [-0.4, -0.2) is 73.4 Å². The van der Waals surface area contributed by atoms with E-state index in [-0.39, 0.29) is 19.1 Å². The first kappa shape index (κ1) is 75.2. The first-order valence-corrected chi connectivity index (χ1v) is 33.8. The number of quaternary nitrogens is 1. The molecule has 0 spiro atoms. The van der Waals surface area contributed by atoms with Gasteiger partial charge in [-0.2, -0.15) is 0 Å². The van der Waals surface area contributed by atoms with Gasteiger partial charge in [0.25, 0.3) is 0 Å². The molecule has 0 aliphatic heterocycles. The third-order valence-corrected chi connectivity index (χ3v) is 15.0. The van der Waals surface area contributed by atoms with E-state index in [4.69, 9.17) is 9.05 Å². The van der Waals surface area contributed by atoms with Crippen LogP contribution in [0.25, 0.3) is 0 Å². The number of hydrogen-bond donors (Lipinski definition) is 3. The standard InChI is InChI=1S/C69H123N2O6P/c1-6-8-10-12-14-16-18-20-22-24-26-28-30-32-34-35-37-39-41-43-45-47-49-51-53-55-57-59-61-63-69(73)70-67(66-77-78(74,75)76-65-64-71(3,4)5)68(72)62-60-58-56-54-52-50-48-46-44-42-40-38-36-33-31-29-27-25-23-21-19-17-15-13-11-9-7-2/h8,10,14,16,20,22,26,28,32,34,37,39,43,45,52,54,60,62,67-68,72H,6-7,9,11-13,15,17-19,21,23-25,27,29-31,33,35-36,38,40-42,44,46-51,53,55-59,61,63-66H2,1-5H3,(H-,70,73,74,75)/p+1/b10-8-,16-14-,22-20-,28-26-,34-32-,39-37-,45-43-,54-52+,62-60+. The second-order valence-corrected chi connectivity index (χ2v) is 24.2. The summed E-state index contributed by atoms with van der Waals surface area (Å²) < 4.78 is 23.8. The molecule has 0 aromatic rings. The van der Waals surface area contributed by atoms with E-state index < -0.39 is 20.0 Å². The Balaban J connectivity index is 4.25. The summed E-state index contributed by atoms with van der Waals surface area (Å²) >= 11 is 0. The van der Waals surface area contributed by atoms with Crippen LogP contribution in [-0.2, 0) is 18.4 Å². The molecule has 450 valence electrons. The van der Waals surface area contributed by atoms with E-state index in [1.165, 1.54) is 154 Å². The fraction of sp³-hybridized carbons (Fsp3) is 0.725. The number of unbranched alkanes of at least 4 members (excludes halogenated alkanes) is 29. The molecule has 0 rings (SSSR count). The molecule has 0 aromatic carbocycles. The molecule has 3 atom stereocenters. The topological polar surface area (TPSA) is 105 Å². The molecule has 0 bridgehead atoms. The first-order valence-electron chi connectivity index (χ1n) is 32.3. The molecular weight excluding hydrogens is 984 g/mol. The number of allylic oxidation sites excluding steroid dienone is 17. The van der Waals surface area contributed by atoms with Crippen LogP contribution in [0.1, 0.15) is 271 Å². The molecule has 0 aliphatic carbocycles. The van der Waals surface area contributed by atoms with Crippen LogP contribution in [0, 0.1) is 0 Å². The van der Waals surface area contributed by atoms with Crippen LogP contribution in [0.15, 0.2) is 109 Å². The molecule has 8 nitrogen and oxygen atoms in total. The van der Waals surface area contributed by atoms with Crippen molar-refractivity contribution in [2.75, 3.05) is 40.9 Å². The predicted molar refractivity (Wildman–Crippen MR) is 341 cm³/mol. The molecular formula is C69H124N2O6P+. The van der Waals surface area contributed by atoms with Gasteiger partial charge < -0.3 is 19.8 Å². The molecule has 9 heteroatoms. The average molecular weight is 1110 g/mol. The smallest absolute Gasteiger partial charge is 0.387 e. The zero-order valence-corrected chi connectivity index (χ0v) is 52.3. The molecule has 0 fully saturated rings. The molecule has 3 unspecified atom stereocenters. The number of carbonyl (C=O) groups excluding carboxylic acids is 1. The van der Waals surface area contributed by atoms with Gasteiger partial charge in [-0.25, -0.2) is 4.57 Å². The van der Waals surface area contributed by atoms with Crippen molar-refractivity contribution in [3.63, 3.8) is 0 Å². The zero-order valence-electron chi connectivity index (χ0n) is 51.4. The SMILES string of the molecule is CC/C=C\C/C=C\C/C=C\C/C=C\C/C=C\C/C=C\C/C=C\CCCCCCCCCC(=O)NC(COP(=O)(O)OCC[N+](C)(C)C)C(O)/C=C/CC/C=C/CCCCCCCCCCCCCCCCCCCCCCC. The van der Waals surface area contributed by atoms with Crippen molar-refractivity contribution >= 4 is 13.7 Å². The number of likely N-dealkylation sites (N-methyl/N-ethyl adjacent to an activating group) is 1. The van der Waals surface area contributed by atoms with Gasteiger partial charge in [0.1, 0.15) is 13.2 Å². The third kappa shape index (κ3) is 60.8. The van der Waals surface area contributed by atoms with Crippen molar-refractivity contribution in [2.24, 2.45) is 0 Å². The number of amides is 1. The Morgan fingerprint density at radius 2 is 0.782 bits per heavy atom. The summed E-state index contributed by atoms with van der Waals surface area (Å²) in [5.74, 6) is -0.200. The maximum Gasteiger partial charge on any atom is 0.472 e. The molecule has 0 radical (unpaired) electrons.